The molecular formula is C17H23N3S. The molecular weight excluding hydrogens is 278 g/mol. The lowest BCUT2D eigenvalue weighted by molar-refractivity contribution is 0.0772. The maximum atomic E-state index is 4.47. The summed E-state index contributed by atoms with van der Waals surface area (Å²) >= 11 is 1.75. The van der Waals surface area contributed by atoms with Crippen LogP contribution in [0.2, 0.25) is 0 Å². The molecule has 0 saturated carbocycles. The van der Waals surface area contributed by atoms with E-state index >= 15 is 0 Å². The predicted molar refractivity (Wildman–Crippen MR) is 88.4 cm³/mol. The van der Waals surface area contributed by atoms with Crippen molar-refractivity contribution in [3.8, 4) is 0 Å². The number of benzene rings is 1. The molecule has 0 amide bonds. The SMILES string of the molecule is CCC1(C)CN(Cc2nccs2)C(c2ccccc2)CN1. The van der Waals surface area contributed by atoms with Crippen molar-refractivity contribution < 1.29 is 0 Å². The Morgan fingerprint density at radius 2 is 2.19 bits per heavy atom. The zero-order valence-electron chi connectivity index (χ0n) is 12.7. The summed E-state index contributed by atoms with van der Waals surface area (Å²) in [5.74, 6) is 0. The molecule has 0 bridgehead atoms. The third kappa shape index (κ3) is 3.34. The summed E-state index contributed by atoms with van der Waals surface area (Å²) in [5, 5.41) is 7.01. The molecule has 3 nitrogen and oxygen atoms in total. The molecule has 1 saturated heterocycles. The highest BCUT2D eigenvalue weighted by atomic mass is 32.1. The predicted octanol–water partition coefficient (Wildman–Crippen LogP) is 3.46. The van der Waals surface area contributed by atoms with E-state index in [9.17, 15) is 0 Å². The second-order valence-corrected chi connectivity index (χ2v) is 7.03. The quantitative estimate of drug-likeness (QED) is 0.937. The van der Waals surface area contributed by atoms with Crippen LogP contribution in [-0.2, 0) is 6.54 Å². The van der Waals surface area contributed by atoms with Gasteiger partial charge in [0.1, 0.15) is 5.01 Å². The van der Waals surface area contributed by atoms with Crippen molar-refractivity contribution >= 4 is 11.3 Å². The first-order valence-electron chi connectivity index (χ1n) is 7.62. The first-order chi connectivity index (χ1) is 10.2. The molecule has 21 heavy (non-hydrogen) atoms. The van der Waals surface area contributed by atoms with Crippen LogP contribution in [0.5, 0.6) is 0 Å². The molecule has 3 rings (SSSR count). The molecule has 112 valence electrons. The summed E-state index contributed by atoms with van der Waals surface area (Å²) in [6.45, 7) is 7.58. The Hall–Kier alpha value is -1.23. The lowest BCUT2D eigenvalue weighted by atomic mass is 9.91. The number of aromatic nitrogens is 1. The first kappa shape index (κ1) is 14.7. The Kier molecular flexibility index (Phi) is 4.38. The number of hydrogen-bond acceptors (Lipinski definition) is 4. The van der Waals surface area contributed by atoms with Crippen LogP contribution < -0.4 is 5.32 Å². The van der Waals surface area contributed by atoms with Crippen LogP contribution in [0.1, 0.15) is 36.9 Å². The van der Waals surface area contributed by atoms with E-state index in [1.54, 1.807) is 11.3 Å². The highest BCUT2D eigenvalue weighted by Crippen LogP contribution is 2.30. The van der Waals surface area contributed by atoms with E-state index in [2.05, 4.69) is 64.8 Å². The molecule has 1 N–H and O–H groups in total. The molecule has 1 aliphatic rings. The maximum Gasteiger partial charge on any atom is 0.107 e. The zero-order chi connectivity index (χ0) is 14.7. The van der Waals surface area contributed by atoms with Crippen LogP contribution in [0.4, 0.5) is 0 Å². The Morgan fingerprint density at radius 3 is 2.86 bits per heavy atom. The van der Waals surface area contributed by atoms with Gasteiger partial charge in [0, 0.05) is 36.2 Å². The molecule has 2 atom stereocenters. The summed E-state index contributed by atoms with van der Waals surface area (Å²) in [7, 11) is 0. The fraction of sp³-hybridized carbons (Fsp3) is 0.471. The lowest BCUT2D eigenvalue weighted by Crippen LogP contribution is -2.59. The standard InChI is InChI=1S/C17H23N3S/c1-3-17(2)13-20(12-16-18-9-10-21-16)15(11-19-17)14-7-5-4-6-8-14/h4-10,15,19H,3,11-13H2,1-2H3. The molecule has 1 aromatic heterocycles. The highest BCUT2D eigenvalue weighted by Gasteiger charge is 2.35. The van der Waals surface area contributed by atoms with E-state index in [1.165, 1.54) is 10.6 Å². The number of thiazole rings is 1. The van der Waals surface area contributed by atoms with Gasteiger partial charge in [0.05, 0.1) is 6.54 Å². The van der Waals surface area contributed by atoms with Crippen LogP contribution in [0.15, 0.2) is 41.9 Å². The van der Waals surface area contributed by atoms with Gasteiger partial charge in [-0.3, -0.25) is 4.90 Å². The smallest absolute Gasteiger partial charge is 0.107 e. The molecule has 1 aliphatic heterocycles. The fourth-order valence-electron chi connectivity index (χ4n) is 3.00. The Bertz CT molecular complexity index is 555. The monoisotopic (exact) mass is 301 g/mol. The summed E-state index contributed by atoms with van der Waals surface area (Å²) in [4.78, 5) is 7.05. The van der Waals surface area contributed by atoms with Crippen LogP contribution in [0, 0.1) is 0 Å². The highest BCUT2D eigenvalue weighted by molar-refractivity contribution is 7.09. The van der Waals surface area contributed by atoms with Crippen LogP contribution >= 0.6 is 11.3 Å². The Morgan fingerprint density at radius 1 is 1.38 bits per heavy atom. The molecule has 1 aromatic carbocycles. The molecule has 2 heterocycles. The van der Waals surface area contributed by atoms with Crippen molar-refractivity contribution in [2.75, 3.05) is 13.1 Å². The molecule has 2 unspecified atom stereocenters. The van der Waals surface area contributed by atoms with Gasteiger partial charge in [-0.15, -0.1) is 11.3 Å². The van der Waals surface area contributed by atoms with Gasteiger partial charge in [-0.2, -0.15) is 0 Å². The van der Waals surface area contributed by atoms with E-state index in [4.69, 9.17) is 0 Å². The third-order valence-corrected chi connectivity index (χ3v) is 5.27. The second kappa shape index (κ2) is 6.26. The van der Waals surface area contributed by atoms with Gasteiger partial charge in [-0.05, 0) is 18.9 Å². The minimum atomic E-state index is 0.197. The molecule has 0 spiro atoms. The van der Waals surface area contributed by atoms with Gasteiger partial charge in [0.15, 0.2) is 0 Å². The van der Waals surface area contributed by atoms with Crippen molar-refractivity contribution in [3.63, 3.8) is 0 Å². The summed E-state index contributed by atoms with van der Waals surface area (Å²) in [5.41, 5.74) is 1.59. The van der Waals surface area contributed by atoms with Gasteiger partial charge in [-0.1, -0.05) is 37.3 Å². The van der Waals surface area contributed by atoms with Crippen LogP contribution in [0.25, 0.3) is 0 Å². The van der Waals surface area contributed by atoms with Gasteiger partial charge in [0.2, 0.25) is 0 Å². The van der Waals surface area contributed by atoms with Crippen molar-refractivity contribution in [1.82, 2.24) is 15.2 Å². The fourth-order valence-corrected chi connectivity index (χ4v) is 3.64. The number of piperazine rings is 1. The normalized spacial score (nSPS) is 26.9. The topological polar surface area (TPSA) is 28.2 Å². The van der Waals surface area contributed by atoms with Crippen LogP contribution in [0.3, 0.4) is 0 Å². The van der Waals surface area contributed by atoms with Gasteiger partial charge < -0.3 is 5.32 Å². The van der Waals surface area contributed by atoms with Gasteiger partial charge in [-0.25, -0.2) is 4.98 Å². The average Bonchev–Trinajstić information content (AvgIpc) is 3.01. The van der Waals surface area contributed by atoms with Crippen molar-refractivity contribution in [1.29, 1.82) is 0 Å². The largest absolute Gasteiger partial charge is 0.308 e. The summed E-state index contributed by atoms with van der Waals surface area (Å²) in [6, 6.07) is 11.2. The number of rotatable bonds is 4. The number of nitrogens with zero attached hydrogens (tertiary/aromatic N) is 2. The Balaban J connectivity index is 1.84. The number of hydrogen-bond donors (Lipinski definition) is 1. The van der Waals surface area contributed by atoms with Crippen molar-refractivity contribution in [2.45, 2.75) is 38.4 Å². The number of nitrogens with one attached hydrogen (secondary N) is 1. The minimum absolute atomic E-state index is 0.197. The lowest BCUT2D eigenvalue weighted by Gasteiger charge is -2.46. The molecule has 4 heteroatoms. The summed E-state index contributed by atoms with van der Waals surface area (Å²) in [6.07, 6.45) is 3.04. The second-order valence-electron chi connectivity index (χ2n) is 6.05. The average molecular weight is 301 g/mol. The van der Waals surface area contributed by atoms with Gasteiger partial charge in [0.25, 0.3) is 0 Å². The van der Waals surface area contributed by atoms with E-state index in [-0.39, 0.29) is 5.54 Å². The van der Waals surface area contributed by atoms with E-state index in [0.29, 0.717) is 6.04 Å². The molecule has 2 aromatic rings. The van der Waals surface area contributed by atoms with E-state index in [1.807, 2.05) is 6.20 Å². The van der Waals surface area contributed by atoms with E-state index < -0.39 is 0 Å². The van der Waals surface area contributed by atoms with E-state index in [0.717, 1.165) is 26.1 Å². The molecule has 0 aliphatic carbocycles. The Labute approximate surface area is 131 Å². The first-order valence-corrected chi connectivity index (χ1v) is 8.50. The third-order valence-electron chi connectivity index (χ3n) is 4.50. The molecule has 0 radical (unpaired) electrons. The van der Waals surface area contributed by atoms with Gasteiger partial charge >= 0.3 is 0 Å². The van der Waals surface area contributed by atoms with Crippen LogP contribution in [-0.4, -0.2) is 28.5 Å². The minimum Gasteiger partial charge on any atom is -0.308 e. The van der Waals surface area contributed by atoms with Crippen molar-refractivity contribution in [2.24, 2.45) is 0 Å². The summed E-state index contributed by atoms with van der Waals surface area (Å²) < 4.78 is 0. The zero-order valence-corrected chi connectivity index (χ0v) is 13.6. The van der Waals surface area contributed by atoms with Crippen molar-refractivity contribution in [3.05, 3.63) is 52.5 Å². The molecule has 1 fully saturated rings. The maximum absolute atomic E-state index is 4.47.